The molecule has 0 fully saturated rings. The van der Waals surface area contributed by atoms with E-state index in [1.54, 1.807) is 0 Å². The van der Waals surface area contributed by atoms with Crippen LogP contribution in [0.3, 0.4) is 0 Å². The highest BCUT2D eigenvalue weighted by Crippen LogP contribution is 1.75. The second kappa shape index (κ2) is 14.9. The van der Waals surface area contributed by atoms with Crippen molar-refractivity contribution in [2.75, 3.05) is 28.4 Å². The average molecular weight is 266 g/mol. The smallest absolute Gasteiger partial charge is 0.417 e. The minimum Gasteiger partial charge on any atom is -0.469 e. The van der Waals surface area contributed by atoms with Gasteiger partial charge in [-0.25, -0.2) is 9.59 Å². The topological polar surface area (TPSA) is 105 Å². The molecule has 0 atom stereocenters. The first kappa shape index (κ1) is 21.2. The number of rotatable bonds is 0. The van der Waals surface area contributed by atoms with Gasteiger partial charge in [0.2, 0.25) is 0 Å². The lowest BCUT2D eigenvalue weighted by Gasteiger charge is -1.92. The van der Waals surface area contributed by atoms with Crippen LogP contribution in [-0.2, 0) is 38.1 Å². The van der Waals surface area contributed by atoms with E-state index in [-0.39, 0.29) is 11.9 Å². The second-order valence-corrected chi connectivity index (χ2v) is 2.37. The summed E-state index contributed by atoms with van der Waals surface area (Å²) in [5, 5.41) is 0. The Labute approximate surface area is 105 Å². The Morgan fingerprint density at radius 3 is 0.778 bits per heavy atom. The molecule has 0 aliphatic rings. The van der Waals surface area contributed by atoms with Crippen LogP contribution in [0.1, 0.15) is 13.8 Å². The van der Waals surface area contributed by atoms with Crippen LogP contribution in [0, 0.1) is 0 Å². The first-order valence-corrected chi connectivity index (χ1v) is 4.52. The molecule has 0 spiro atoms. The molecule has 18 heavy (non-hydrogen) atoms. The van der Waals surface area contributed by atoms with Crippen molar-refractivity contribution in [3.63, 3.8) is 0 Å². The Kier molecular flexibility index (Phi) is 17.5. The molecule has 8 heteroatoms. The number of carbonyl (C=O) groups excluding carboxylic acids is 4. The SMILES string of the molecule is COC(=O)C(=O)OC.COC(C)=O.COC(C)=O. The fraction of sp³-hybridized carbons (Fsp3) is 0.600. The first-order valence-electron chi connectivity index (χ1n) is 4.52. The zero-order chi connectivity index (χ0) is 15.1. The third-order valence-electron chi connectivity index (χ3n) is 1.11. The molecule has 0 unspecified atom stereocenters. The molecule has 0 aliphatic carbocycles. The Hall–Kier alpha value is -2.12. The van der Waals surface area contributed by atoms with Crippen LogP contribution in [0.4, 0.5) is 0 Å². The lowest BCUT2D eigenvalue weighted by Crippen LogP contribution is -2.16. The molecular weight excluding hydrogens is 248 g/mol. The van der Waals surface area contributed by atoms with Crippen molar-refractivity contribution in [3.05, 3.63) is 0 Å². The van der Waals surface area contributed by atoms with Gasteiger partial charge in [-0.15, -0.1) is 0 Å². The van der Waals surface area contributed by atoms with E-state index in [0.29, 0.717) is 0 Å². The van der Waals surface area contributed by atoms with Crippen LogP contribution in [0.25, 0.3) is 0 Å². The van der Waals surface area contributed by atoms with E-state index in [0.717, 1.165) is 14.2 Å². The average Bonchev–Trinajstić information content (AvgIpc) is 2.37. The first-order chi connectivity index (χ1) is 8.26. The van der Waals surface area contributed by atoms with Crippen molar-refractivity contribution in [1.29, 1.82) is 0 Å². The van der Waals surface area contributed by atoms with E-state index >= 15 is 0 Å². The third kappa shape index (κ3) is 23.6. The van der Waals surface area contributed by atoms with E-state index < -0.39 is 11.9 Å². The molecule has 0 heterocycles. The minimum absolute atomic E-state index is 0.245. The maximum atomic E-state index is 10.0. The van der Waals surface area contributed by atoms with Crippen LogP contribution < -0.4 is 0 Å². The van der Waals surface area contributed by atoms with Crippen molar-refractivity contribution in [1.82, 2.24) is 0 Å². The molecule has 0 aromatic carbocycles. The summed E-state index contributed by atoms with van der Waals surface area (Å²) in [5.41, 5.74) is 0. The van der Waals surface area contributed by atoms with Crippen LogP contribution >= 0.6 is 0 Å². The predicted molar refractivity (Wildman–Crippen MR) is 59.4 cm³/mol. The molecule has 0 saturated carbocycles. The van der Waals surface area contributed by atoms with Gasteiger partial charge in [0, 0.05) is 13.8 Å². The number of ether oxygens (including phenoxy) is 4. The van der Waals surface area contributed by atoms with Gasteiger partial charge in [0.25, 0.3) is 0 Å². The van der Waals surface area contributed by atoms with Crippen molar-refractivity contribution < 1.29 is 38.1 Å². The maximum Gasteiger partial charge on any atom is 0.417 e. The molecule has 0 rings (SSSR count). The van der Waals surface area contributed by atoms with Gasteiger partial charge in [-0.05, 0) is 0 Å². The van der Waals surface area contributed by atoms with Crippen molar-refractivity contribution in [2.24, 2.45) is 0 Å². The van der Waals surface area contributed by atoms with Crippen LogP contribution in [0.2, 0.25) is 0 Å². The number of esters is 4. The largest absolute Gasteiger partial charge is 0.469 e. The van der Waals surface area contributed by atoms with Crippen LogP contribution in [0.15, 0.2) is 0 Å². The summed E-state index contributed by atoms with van der Waals surface area (Å²) in [7, 11) is 4.92. The number of hydrogen-bond acceptors (Lipinski definition) is 8. The lowest BCUT2D eigenvalue weighted by molar-refractivity contribution is -0.164. The summed E-state index contributed by atoms with van der Waals surface area (Å²) < 4.78 is 16.2. The van der Waals surface area contributed by atoms with Gasteiger partial charge < -0.3 is 18.9 Å². The van der Waals surface area contributed by atoms with Crippen molar-refractivity contribution in [3.8, 4) is 0 Å². The Morgan fingerprint density at radius 1 is 0.556 bits per heavy atom. The zero-order valence-electron chi connectivity index (χ0n) is 11.3. The monoisotopic (exact) mass is 266 g/mol. The van der Waals surface area contributed by atoms with E-state index in [1.807, 2.05) is 0 Å². The van der Waals surface area contributed by atoms with E-state index in [4.69, 9.17) is 0 Å². The zero-order valence-corrected chi connectivity index (χ0v) is 11.3. The summed E-state index contributed by atoms with van der Waals surface area (Å²) >= 11 is 0. The van der Waals surface area contributed by atoms with E-state index in [9.17, 15) is 19.2 Å². The van der Waals surface area contributed by atoms with Gasteiger partial charge in [-0.2, -0.15) is 0 Å². The Bertz CT molecular complexity index is 243. The molecule has 0 aliphatic heterocycles. The summed E-state index contributed by atoms with van der Waals surface area (Å²) in [6, 6.07) is 0. The molecule has 0 saturated heterocycles. The highest BCUT2D eigenvalue weighted by Gasteiger charge is 2.11. The fourth-order valence-corrected chi connectivity index (χ4v) is 0.167. The van der Waals surface area contributed by atoms with Crippen LogP contribution in [-0.4, -0.2) is 52.3 Å². The number of carbonyl (C=O) groups is 4. The van der Waals surface area contributed by atoms with Crippen molar-refractivity contribution in [2.45, 2.75) is 13.8 Å². The Balaban J connectivity index is -0.000000197. The Morgan fingerprint density at radius 2 is 0.722 bits per heavy atom. The maximum absolute atomic E-state index is 10.0. The van der Waals surface area contributed by atoms with Gasteiger partial charge in [0.05, 0.1) is 28.4 Å². The minimum atomic E-state index is -0.979. The normalized spacial score (nSPS) is 7.22. The fourth-order valence-electron chi connectivity index (χ4n) is 0.167. The molecule has 0 amide bonds. The third-order valence-corrected chi connectivity index (χ3v) is 1.11. The van der Waals surface area contributed by atoms with E-state index in [2.05, 4.69) is 18.9 Å². The lowest BCUT2D eigenvalue weighted by atomic mass is 10.7. The molecule has 106 valence electrons. The molecule has 0 aromatic rings. The molecule has 0 bridgehead atoms. The summed E-state index contributed by atoms with van der Waals surface area (Å²) in [6.45, 7) is 2.72. The highest BCUT2D eigenvalue weighted by molar-refractivity contribution is 6.29. The molecule has 0 radical (unpaired) electrons. The standard InChI is InChI=1S/C4H6O4.2C3H6O2/c1-7-3(5)4(6)8-2;2*1-3(4)5-2/h1-2H3;2*1-2H3. The van der Waals surface area contributed by atoms with Gasteiger partial charge in [0.15, 0.2) is 0 Å². The highest BCUT2D eigenvalue weighted by atomic mass is 16.6. The van der Waals surface area contributed by atoms with E-state index in [1.165, 1.54) is 28.1 Å². The quantitative estimate of drug-likeness (QED) is 0.334. The molecular formula is C10H18O8. The van der Waals surface area contributed by atoms with Gasteiger partial charge in [0.1, 0.15) is 0 Å². The summed E-state index contributed by atoms with van der Waals surface area (Å²) in [6.07, 6.45) is 0. The van der Waals surface area contributed by atoms with Gasteiger partial charge in [-0.3, -0.25) is 9.59 Å². The van der Waals surface area contributed by atoms with Gasteiger partial charge in [-0.1, -0.05) is 0 Å². The molecule has 0 N–H and O–H groups in total. The molecule has 0 aromatic heterocycles. The van der Waals surface area contributed by atoms with Crippen molar-refractivity contribution >= 4 is 23.9 Å². The van der Waals surface area contributed by atoms with Gasteiger partial charge >= 0.3 is 23.9 Å². The number of methoxy groups -OCH3 is 4. The van der Waals surface area contributed by atoms with Crippen LogP contribution in [0.5, 0.6) is 0 Å². The summed E-state index contributed by atoms with van der Waals surface area (Å²) in [4.78, 5) is 39.3. The summed E-state index contributed by atoms with van der Waals surface area (Å²) in [5.74, 6) is -2.45. The number of hydrogen-bond donors (Lipinski definition) is 0. The molecule has 8 nitrogen and oxygen atoms in total. The predicted octanol–water partition coefficient (Wildman–Crippen LogP) is -0.309. The second-order valence-electron chi connectivity index (χ2n) is 2.37.